The summed E-state index contributed by atoms with van der Waals surface area (Å²) in [6.07, 6.45) is 0. The molecule has 0 radical (unpaired) electrons. The number of nitrogens with one attached hydrogen (secondary N) is 1. The molecule has 0 spiro atoms. The Morgan fingerprint density at radius 1 is 1.21 bits per heavy atom. The second-order valence-electron chi connectivity index (χ2n) is 5.85. The number of amides is 1. The van der Waals surface area contributed by atoms with Gasteiger partial charge in [-0.15, -0.1) is 11.3 Å². The van der Waals surface area contributed by atoms with Crippen molar-refractivity contribution < 1.29 is 23.3 Å². The lowest BCUT2D eigenvalue weighted by Gasteiger charge is -2.34. The average Bonchev–Trinajstić information content (AvgIpc) is 3.14. The third-order valence-electron chi connectivity index (χ3n) is 4.26. The molecule has 1 aromatic carbocycles. The van der Waals surface area contributed by atoms with Gasteiger partial charge in [0.2, 0.25) is 0 Å². The Balaban J connectivity index is 1.79. The lowest BCUT2D eigenvalue weighted by molar-refractivity contribution is -0.384. The quantitative estimate of drug-likeness (QED) is 0.407. The van der Waals surface area contributed by atoms with Crippen LogP contribution in [0.3, 0.4) is 0 Å². The highest BCUT2D eigenvalue weighted by molar-refractivity contribution is 7.91. The van der Waals surface area contributed by atoms with Crippen LogP contribution in [0.1, 0.15) is 10.4 Å². The van der Waals surface area contributed by atoms with Crippen LogP contribution in [0.25, 0.3) is 0 Å². The first kappa shape index (κ1) is 20.5. The van der Waals surface area contributed by atoms with E-state index < -0.39 is 20.9 Å². The van der Waals surface area contributed by atoms with Crippen LogP contribution in [-0.2, 0) is 10.0 Å². The normalized spacial score (nSPS) is 15.4. The molecule has 3 rings (SSSR count). The zero-order chi connectivity index (χ0) is 20.5. The molecule has 2 aromatic rings. The molecule has 0 bridgehead atoms. The number of nitro benzene ring substituents is 1. The van der Waals surface area contributed by atoms with E-state index in [0.717, 1.165) is 17.4 Å². The third kappa shape index (κ3) is 3.95. The fraction of sp³-hybridized carbons (Fsp3) is 0.267. The summed E-state index contributed by atoms with van der Waals surface area (Å²) in [7, 11) is -3.67. The molecule has 0 aliphatic carbocycles. The standard InChI is InChI=1S/C15H15ClN4O6S2/c16-13-3-4-14(27-13)28(25,26)19-7-5-18(6-8-19)11-2-1-10(15(21)17-22)9-12(11)20(23)24/h1-4,9,22H,5-8H2,(H,17,21). The average molecular weight is 447 g/mol. The van der Waals surface area contributed by atoms with E-state index >= 15 is 0 Å². The van der Waals surface area contributed by atoms with Gasteiger partial charge in [0.25, 0.3) is 21.6 Å². The van der Waals surface area contributed by atoms with E-state index in [-0.39, 0.29) is 47.3 Å². The summed E-state index contributed by atoms with van der Waals surface area (Å²) in [6, 6.07) is 6.79. The van der Waals surface area contributed by atoms with Crippen LogP contribution < -0.4 is 10.4 Å². The van der Waals surface area contributed by atoms with Crippen LogP contribution >= 0.6 is 22.9 Å². The van der Waals surface area contributed by atoms with Gasteiger partial charge in [0.1, 0.15) is 9.90 Å². The highest BCUT2D eigenvalue weighted by Crippen LogP contribution is 2.32. The Labute approximate surface area is 169 Å². The highest BCUT2D eigenvalue weighted by atomic mass is 35.5. The lowest BCUT2D eigenvalue weighted by Crippen LogP contribution is -2.48. The van der Waals surface area contributed by atoms with Crippen molar-refractivity contribution in [1.29, 1.82) is 0 Å². The molecular weight excluding hydrogens is 432 g/mol. The summed E-state index contributed by atoms with van der Waals surface area (Å²) in [5.41, 5.74) is 1.34. The number of rotatable bonds is 5. The number of piperazine rings is 1. The molecule has 10 nitrogen and oxygen atoms in total. The minimum absolute atomic E-state index is 0.0614. The van der Waals surface area contributed by atoms with Gasteiger partial charge in [0.05, 0.1) is 9.26 Å². The zero-order valence-electron chi connectivity index (χ0n) is 14.2. The van der Waals surface area contributed by atoms with Crippen LogP contribution in [0.4, 0.5) is 11.4 Å². The van der Waals surface area contributed by atoms with Gasteiger partial charge in [-0.25, -0.2) is 13.9 Å². The molecule has 0 atom stereocenters. The monoisotopic (exact) mass is 446 g/mol. The van der Waals surface area contributed by atoms with Gasteiger partial charge in [0.15, 0.2) is 0 Å². The molecule has 1 fully saturated rings. The molecule has 1 aromatic heterocycles. The van der Waals surface area contributed by atoms with Crippen LogP contribution in [0.2, 0.25) is 4.34 Å². The first-order valence-electron chi connectivity index (χ1n) is 7.97. The first-order valence-corrected chi connectivity index (χ1v) is 10.6. The number of carbonyl (C=O) groups excluding carboxylic acids is 1. The van der Waals surface area contributed by atoms with Crippen LogP contribution in [0.5, 0.6) is 0 Å². The van der Waals surface area contributed by atoms with Gasteiger partial charge < -0.3 is 4.90 Å². The van der Waals surface area contributed by atoms with Gasteiger partial charge in [-0.05, 0) is 24.3 Å². The van der Waals surface area contributed by atoms with E-state index in [2.05, 4.69) is 0 Å². The number of halogens is 1. The second-order valence-corrected chi connectivity index (χ2v) is 9.73. The molecule has 28 heavy (non-hydrogen) atoms. The number of thiophene rings is 1. The number of sulfonamides is 1. The molecular formula is C15H15ClN4O6S2. The molecule has 0 saturated carbocycles. The number of carbonyl (C=O) groups is 1. The van der Waals surface area contributed by atoms with Crippen molar-refractivity contribution in [2.75, 3.05) is 31.1 Å². The molecule has 1 amide bonds. The van der Waals surface area contributed by atoms with Crippen LogP contribution in [0.15, 0.2) is 34.5 Å². The number of hydrogen-bond donors (Lipinski definition) is 2. The number of benzene rings is 1. The SMILES string of the molecule is O=C(NO)c1ccc(N2CCN(S(=O)(=O)c3ccc(Cl)s3)CC2)c([N+](=O)[O-])c1. The van der Waals surface area contributed by atoms with Gasteiger partial charge in [-0.1, -0.05) is 11.6 Å². The van der Waals surface area contributed by atoms with Crippen molar-refractivity contribution >= 4 is 50.2 Å². The Morgan fingerprint density at radius 3 is 2.43 bits per heavy atom. The largest absolute Gasteiger partial charge is 0.363 e. The topological polar surface area (TPSA) is 133 Å². The van der Waals surface area contributed by atoms with E-state index in [1.807, 2.05) is 0 Å². The minimum Gasteiger partial charge on any atom is -0.363 e. The van der Waals surface area contributed by atoms with E-state index in [4.69, 9.17) is 16.8 Å². The van der Waals surface area contributed by atoms with E-state index in [0.29, 0.717) is 4.34 Å². The molecule has 1 aliphatic rings. The van der Waals surface area contributed by atoms with Gasteiger partial charge in [-0.2, -0.15) is 4.31 Å². The van der Waals surface area contributed by atoms with Crippen molar-refractivity contribution in [3.63, 3.8) is 0 Å². The van der Waals surface area contributed by atoms with Gasteiger partial charge in [0, 0.05) is 37.8 Å². The predicted octanol–water partition coefficient (Wildman–Crippen LogP) is 1.94. The maximum absolute atomic E-state index is 12.7. The maximum atomic E-state index is 12.7. The van der Waals surface area contributed by atoms with Crippen molar-refractivity contribution in [3.05, 3.63) is 50.3 Å². The molecule has 1 saturated heterocycles. The Kier molecular flexibility index (Phi) is 5.86. The number of nitrogens with zero attached hydrogens (tertiary/aromatic N) is 3. The van der Waals surface area contributed by atoms with E-state index in [1.54, 1.807) is 4.90 Å². The highest BCUT2D eigenvalue weighted by Gasteiger charge is 2.31. The Bertz CT molecular complexity index is 1020. The molecule has 13 heteroatoms. The van der Waals surface area contributed by atoms with Crippen molar-refractivity contribution in [2.24, 2.45) is 0 Å². The number of nitro groups is 1. The maximum Gasteiger partial charge on any atom is 0.293 e. The van der Waals surface area contributed by atoms with Crippen molar-refractivity contribution in [2.45, 2.75) is 4.21 Å². The van der Waals surface area contributed by atoms with Crippen LogP contribution in [-0.4, -0.2) is 54.9 Å². The summed E-state index contributed by atoms with van der Waals surface area (Å²) < 4.78 is 27.1. The fourth-order valence-corrected chi connectivity index (χ4v) is 5.94. The first-order chi connectivity index (χ1) is 13.2. The van der Waals surface area contributed by atoms with Gasteiger partial charge >= 0.3 is 0 Å². The lowest BCUT2D eigenvalue weighted by atomic mass is 10.1. The summed E-state index contributed by atoms with van der Waals surface area (Å²) >= 11 is 6.79. The summed E-state index contributed by atoms with van der Waals surface area (Å²) in [5, 5.41) is 20.1. The second kappa shape index (κ2) is 8.01. The predicted molar refractivity (Wildman–Crippen MR) is 103 cm³/mol. The smallest absolute Gasteiger partial charge is 0.293 e. The van der Waals surface area contributed by atoms with Gasteiger partial charge in [-0.3, -0.25) is 20.1 Å². The van der Waals surface area contributed by atoms with Crippen molar-refractivity contribution in [3.8, 4) is 0 Å². The minimum atomic E-state index is -3.67. The van der Waals surface area contributed by atoms with Crippen molar-refractivity contribution in [1.82, 2.24) is 9.79 Å². The summed E-state index contributed by atoms with van der Waals surface area (Å²) in [6.45, 7) is 0.775. The fourth-order valence-electron chi connectivity index (χ4n) is 2.88. The number of anilines is 1. The number of hydrogen-bond acceptors (Lipinski definition) is 8. The third-order valence-corrected chi connectivity index (χ3v) is 7.86. The van der Waals surface area contributed by atoms with E-state index in [9.17, 15) is 23.3 Å². The number of hydroxylamine groups is 1. The molecule has 2 N–H and O–H groups in total. The van der Waals surface area contributed by atoms with E-state index in [1.165, 1.54) is 34.1 Å². The molecule has 1 aliphatic heterocycles. The van der Waals surface area contributed by atoms with Crippen LogP contribution in [0, 0.1) is 10.1 Å². The molecule has 0 unspecified atom stereocenters. The summed E-state index contributed by atoms with van der Waals surface area (Å²) in [5.74, 6) is -0.861. The zero-order valence-corrected chi connectivity index (χ0v) is 16.6. The molecule has 150 valence electrons. The summed E-state index contributed by atoms with van der Waals surface area (Å²) in [4.78, 5) is 24.0. The molecule has 2 heterocycles. The Morgan fingerprint density at radius 2 is 1.89 bits per heavy atom. The Hall–Kier alpha value is -2.25.